The number of carbonyl (C=O) groups excluding carboxylic acids is 5. The van der Waals surface area contributed by atoms with E-state index < -0.39 is 52.8 Å². The molecule has 2 aromatic carbocycles. The quantitative estimate of drug-likeness (QED) is 0.256. The van der Waals surface area contributed by atoms with Crippen LogP contribution in [0.4, 0.5) is 14.9 Å². The average Bonchev–Trinajstić information content (AvgIpc) is 3.51. The predicted octanol–water partition coefficient (Wildman–Crippen LogP) is 5.10. The third-order valence-electron chi connectivity index (χ3n) is 8.43. The molecule has 2 aromatic rings. The molecule has 0 aromatic heterocycles. The molecule has 2 heterocycles. The van der Waals surface area contributed by atoms with Crippen LogP contribution in [-0.2, 0) is 40.5 Å². The number of rotatable bonds is 11. The first-order valence-electron chi connectivity index (χ1n) is 16.0. The smallest absolute Gasteiger partial charge is 0.408 e. The number of hydrogen-bond acceptors (Lipinski definition) is 7. The van der Waals surface area contributed by atoms with E-state index in [2.05, 4.69) is 10.6 Å². The number of Topliss-reactive ketones (excluding diaryl/α,β-unsaturated/α-hetero) is 1. The molecule has 2 aliphatic heterocycles. The molecular weight excluding hydrogens is 605 g/mol. The van der Waals surface area contributed by atoms with Gasteiger partial charge < -0.3 is 25.0 Å². The van der Waals surface area contributed by atoms with Crippen molar-refractivity contribution in [3.8, 4) is 0 Å². The van der Waals surface area contributed by atoms with Crippen molar-refractivity contribution in [3.05, 3.63) is 77.6 Å². The zero-order valence-corrected chi connectivity index (χ0v) is 27.8. The van der Waals surface area contributed by atoms with Gasteiger partial charge in [0, 0.05) is 30.6 Å². The number of halogens is 1. The zero-order valence-electron chi connectivity index (χ0n) is 27.8. The lowest BCUT2D eigenvalue weighted by molar-refractivity contribution is -0.139. The number of nitrogens with one attached hydrogen (secondary N) is 2. The van der Waals surface area contributed by atoms with Gasteiger partial charge >= 0.3 is 12.1 Å². The molecule has 1 fully saturated rings. The Hall–Kier alpha value is -4.54. The fraction of sp³-hybridized carbons (Fsp3) is 0.472. The van der Waals surface area contributed by atoms with Crippen molar-refractivity contribution in [2.45, 2.75) is 83.9 Å². The topological polar surface area (TPSA) is 131 Å². The first-order valence-corrected chi connectivity index (χ1v) is 16.0. The number of anilines is 1. The maximum absolute atomic E-state index is 14.6. The summed E-state index contributed by atoms with van der Waals surface area (Å²) in [4.78, 5) is 68.5. The minimum absolute atomic E-state index is 0.0182. The molecule has 0 saturated carbocycles. The summed E-state index contributed by atoms with van der Waals surface area (Å²) in [5.41, 5.74) is 0.196. The van der Waals surface area contributed by atoms with E-state index in [1.54, 1.807) is 70.7 Å². The van der Waals surface area contributed by atoms with Crippen molar-refractivity contribution in [2.24, 2.45) is 11.8 Å². The third kappa shape index (κ3) is 8.44. The maximum Gasteiger partial charge on any atom is 0.408 e. The Kier molecular flexibility index (Phi) is 10.9. The number of nitrogens with zero attached hydrogens (tertiary/aromatic N) is 1. The van der Waals surface area contributed by atoms with E-state index in [4.69, 9.17) is 9.47 Å². The zero-order chi connectivity index (χ0) is 34.5. The number of amides is 3. The van der Waals surface area contributed by atoms with E-state index in [9.17, 15) is 28.4 Å². The maximum atomic E-state index is 14.6. The van der Waals surface area contributed by atoms with E-state index in [-0.39, 0.29) is 50.0 Å². The van der Waals surface area contributed by atoms with Gasteiger partial charge in [-0.05, 0) is 75.8 Å². The number of benzene rings is 2. The lowest BCUT2D eigenvalue weighted by Gasteiger charge is -2.30. The highest BCUT2D eigenvalue weighted by Crippen LogP contribution is 2.47. The number of esters is 1. The van der Waals surface area contributed by atoms with Crippen LogP contribution in [0.25, 0.3) is 0 Å². The van der Waals surface area contributed by atoms with Crippen LogP contribution in [0.2, 0.25) is 0 Å². The first-order chi connectivity index (χ1) is 22.1. The largest absolute Gasteiger partial charge is 0.463 e. The SMILES string of the molecule is CCOC(=O)/C=C/[C@@H]1C[C@@]2(CN1C(=O)[C@@H](CC(=O)[C@@H](NC(=O)OC(C)(C)C)C(C)C)Cc1ccc(F)cc1)C(=O)Nc1ccccc12. The Morgan fingerprint density at radius 3 is 2.43 bits per heavy atom. The molecule has 47 heavy (non-hydrogen) atoms. The van der Waals surface area contributed by atoms with Gasteiger partial charge in [0.25, 0.3) is 0 Å². The summed E-state index contributed by atoms with van der Waals surface area (Å²) < 4.78 is 24.2. The van der Waals surface area contributed by atoms with Crippen molar-refractivity contribution in [1.29, 1.82) is 0 Å². The number of likely N-dealkylation sites (tertiary alicyclic amines) is 1. The molecule has 0 aliphatic carbocycles. The van der Waals surface area contributed by atoms with Gasteiger partial charge in [0.15, 0.2) is 5.78 Å². The normalized spacial score (nSPS) is 20.2. The summed E-state index contributed by atoms with van der Waals surface area (Å²) in [6, 6.07) is 11.4. The van der Waals surface area contributed by atoms with Crippen molar-refractivity contribution in [1.82, 2.24) is 10.2 Å². The Morgan fingerprint density at radius 2 is 1.79 bits per heavy atom. The standard InChI is InChI=1S/C36H44FN3O7/c1-7-46-30(42)17-16-26-20-36(27-10-8-9-11-28(27)38-33(36)44)21-40(26)32(43)24(18-23-12-14-25(37)15-13-23)19-29(41)31(22(2)3)39-34(45)47-35(4,5)6/h8-17,22,24,26,31H,7,18-21H2,1-6H3,(H,38,44)(H,39,45)/b17-16+/t24-,26-,31+,36+/m1/s1. The van der Waals surface area contributed by atoms with Crippen molar-refractivity contribution >= 4 is 35.3 Å². The molecule has 4 atom stereocenters. The molecular formula is C36H44FN3O7. The van der Waals surface area contributed by atoms with E-state index in [0.717, 1.165) is 5.56 Å². The summed E-state index contributed by atoms with van der Waals surface area (Å²) in [5.74, 6) is -3.30. The Labute approximate surface area is 275 Å². The second-order valence-electron chi connectivity index (χ2n) is 13.5. The molecule has 4 rings (SSSR count). The third-order valence-corrected chi connectivity index (χ3v) is 8.43. The number of fused-ring (bicyclic) bond motifs is 2. The number of ether oxygens (including phenoxy) is 2. The van der Waals surface area contributed by atoms with Gasteiger partial charge in [0.2, 0.25) is 11.8 Å². The van der Waals surface area contributed by atoms with Crippen LogP contribution in [0, 0.1) is 17.7 Å². The minimum atomic E-state index is -1.07. The summed E-state index contributed by atoms with van der Waals surface area (Å²) >= 11 is 0. The van der Waals surface area contributed by atoms with Crippen LogP contribution in [0.1, 0.15) is 65.5 Å². The number of carbonyl (C=O) groups is 5. The molecule has 2 aliphatic rings. The van der Waals surface area contributed by atoms with E-state index in [1.807, 2.05) is 18.2 Å². The van der Waals surface area contributed by atoms with E-state index in [0.29, 0.717) is 11.3 Å². The van der Waals surface area contributed by atoms with E-state index >= 15 is 0 Å². The predicted molar refractivity (Wildman–Crippen MR) is 174 cm³/mol. The Balaban J connectivity index is 1.69. The van der Waals surface area contributed by atoms with Crippen LogP contribution in [0.15, 0.2) is 60.7 Å². The number of alkyl carbamates (subject to hydrolysis) is 1. The average molecular weight is 650 g/mol. The van der Waals surface area contributed by atoms with Gasteiger partial charge in [-0.3, -0.25) is 14.4 Å². The van der Waals surface area contributed by atoms with Crippen LogP contribution in [0.5, 0.6) is 0 Å². The van der Waals surface area contributed by atoms with Gasteiger partial charge in [-0.1, -0.05) is 50.3 Å². The van der Waals surface area contributed by atoms with Crippen LogP contribution >= 0.6 is 0 Å². The number of hydrogen-bond donors (Lipinski definition) is 2. The van der Waals surface area contributed by atoms with Crippen molar-refractivity contribution in [2.75, 3.05) is 18.5 Å². The van der Waals surface area contributed by atoms with Gasteiger partial charge in [-0.25, -0.2) is 14.0 Å². The van der Waals surface area contributed by atoms with Crippen LogP contribution < -0.4 is 10.6 Å². The molecule has 2 N–H and O–H groups in total. The molecule has 11 heteroatoms. The fourth-order valence-corrected chi connectivity index (χ4v) is 6.28. The van der Waals surface area contributed by atoms with Crippen LogP contribution in [-0.4, -0.2) is 65.4 Å². The van der Waals surface area contributed by atoms with Gasteiger partial charge in [-0.15, -0.1) is 0 Å². The first kappa shape index (κ1) is 35.3. The molecule has 3 amide bonds. The second kappa shape index (κ2) is 14.5. The highest BCUT2D eigenvalue weighted by atomic mass is 19.1. The molecule has 1 saturated heterocycles. The summed E-state index contributed by atoms with van der Waals surface area (Å²) in [6.45, 7) is 10.6. The molecule has 0 bridgehead atoms. The lowest BCUT2D eigenvalue weighted by atomic mass is 9.79. The van der Waals surface area contributed by atoms with Gasteiger partial charge in [-0.2, -0.15) is 0 Å². The van der Waals surface area contributed by atoms with Gasteiger partial charge in [0.1, 0.15) is 11.4 Å². The highest BCUT2D eigenvalue weighted by Gasteiger charge is 2.55. The second-order valence-corrected chi connectivity index (χ2v) is 13.5. The molecule has 10 nitrogen and oxygen atoms in total. The lowest BCUT2D eigenvalue weighted by Crippen LogP contribution is -2.48. The Morgan fingerprint density at radius 1 is 1.11 bits per heavy atom. The Bertz CT molecular complexity index is 1530. The number of para-hydroxylation sites is 1. The fourth-order valence-electron chi connectivity index (χ4n) is 6.28. The van der Waals surface area contributed by atoms with Crippen molar-refractivity contribution < 1.29 is 37.8 Å². The van der Waals surface area contributed by atoms with Crippen molar-refractivity contribution in [3.63, 3.8) is 0 Å². The van der Waals surface area contributed by atoms with Gasteiger partial charge in [0.05, 0.1) is 24.1 Å². The monoisotopic (exact) mass is 649 g/mol. The summed E-state index contributed by atoms with van der Waals surface area (Å²) in [5, 5.41) is 5.60. The molecule has 0 unspecified atom stereocenters. The molecule has 252 valence electrons. The summed E-state index contributed by atoms with van der Waals surface area (Å²) in [7, 11) is 0. The summed E-state index contributed by atoms with van der Waals surface area (Å²) in [6.07, 6.45) is 2.15. The minimum Gasteiger partial charge on any atom is -0.463 e. The van der Waals surface area contributed by atoms with Crippen LogP contribution in [0.3, 0.4) is 0 Å². The molecule has 1 spiro atoms. The number of ketones is 1. The highest BCUT2D eigenvalue weighted by molar-refractivity contribution is 6.07. The van der Waals surface area contributed by atoms with E-state index in [1.165, 1.54) is 18.2 Å². The molecule has 0 radical (unpaired) electrons.